The topological polar surface area (TPSA) is 52.3 Å². The minimum atomic E-state index is -0.526. The number of Topliss-reactive ketones (excluding diaryl/α,β-unsaturated/α-hetero) is 1. The van der Waals surface area contributed by atoms with Gasteiger partial charge in [0.25, 0.3) is 0 Å². The molecule has 0 spiro atoms. The molecule has 0 aliphatic rings. The van der Waals surface area contributed by atoms with Crippen LogP contribution in [-0.2, 0) is 14.9 Å². The van der Waals surface area contributed by atoms with Gasteiger partial charge >= 0.3 is 0 Å². The molecule has 0 amide bonds. The first kappa shape index (κ1) is 13.7. The summed E-state index contributed by atoms with van der Waals surface area (Å²) in [6, 6.07) is 7.43. The fraction of sp³-hybridized carbons (Fsp3) is 0.500. The number of benzene rings is 1. The minimum absolute atomic E-state index is 0.0933. The van der Waals surface area contributed by atoms with E-state index in [0.717, 1.165) is 12.0 Å². The fourth-order valence-corrected chi connectivity index (χ4v) is 1.55. The van der Waals surface area contributed by atoms with E-state index in [0.29, 0.717) is 12.3 Å². The first-order valence-corrected chi connectivity index (χ1v) is 5.95. The summed E-state index contributed by atoms with van der Waals surface area (Å²) in [6.45, 7) is 6.65. The Balaban J connectivity index is 2.72. The van der Waals surface area contributed by atoms with Crippen LogP contribution in [0.5, 0.6) is 0 Å². The SMILES string of the molecule is CCCOCC(=O)C(C)(C)c1ccc(N)cc1. The molecule has 0 aromatic heterocycles. The van der Waals surface area contributed by atoms with Gasteiger partial charge in [-0.05, 0) is 38.0 Å². The van der Waals surface area contributed by atoms with Gasteiger partial charge in [0.05, 0.1) is 5.41 Å². The molecule has 0 saturated heterocycles. The number of ether oxygens (including phenoxy) is 1. The molecule has 3 heteroatoms. The number of carbonyl (C=O) groups excluding carboxylic acids is 1. The molecule has 3 nitrogen and oxygen atoms in total. The van der Waals surface area contributed by atoms with E-state index in [4.69, 9.17) is 10.5 Å². The number of rotatable bonds is 6. The summed E-state index contributed by atoms with van der Waals surface area (Å²) < 4.78 is 5.30. The highest BCUT2D eigenvalue weighted by molar-refractivity contribution is 5.90. The lowest BCUT2D eigenvalue weighted by Crippen LogP contribution is -2.32. The number of hydrogen-bond donors (Lipinski definition) is 1. The van der Waals surface area contributed by atoms with Gasteiger partial charge in [-0.2, -0.15) is 0 Å². The van der Waals surface area contributed by atoms with Crippen molar-refractivity contribution in [1.82, 2.24) is 0 Å². The molecule has 1 aromatic carbocycles. The average molecular weight is 235 g/mol. The predicted molar refractivity (Wildman–Crippen MR) is 70.0 cm³/mol. The van der Waals surface area contributed by atoms with E-state index in [1.54, 1.807) is 0 Å². The Morgan fingerprint density at radius 1 is 1.29 bits per heavy atom. The highest BCUT2D eigenvalue weighted by Gasteiger charge is 2.29. The van der Waals surface area contributed by atoms with Gasteiger partial charge in [-0.3, -0.25) is 4.79 Å². The number of anilines is 1. The van der Waals surface area contributed by atoms with Gasteiger partial charge in [-0.25, -0.2) is 0 Å². The van der Waals surface area contributed by atoms with E-state index in [-0.39, 0.29) is 12.4 Å². The van der Waals surface area contributed by atoms with Crippen LogP contribution in [0.3, 0.4) is 0 Å². The highest BCUT2D eigenvalue weighted by atomic mass is 16.5. The quantitative estimate of drug-likeness (QED) is 0.609. The second kappa shape index (κ2) is 5.82. The molecule has 2 N–H and O–H groups in total. The van der Waals surface area contributed by atoms with Crippen molar-refractivity contribution in [2.24, 2.45) is 0 Å². The maximum Gasteiger partial charge on any atom is 0.168 e. The lowest BCUT2D eigenvalue weighted by atomic mass is 9.81. The average Bonchev–Trinajstić information content (AvgIpc) is 2.29. The van der Waals surface area contributed by atoms with Crippen LogP contribution < -0.4 is 5.73 Å². The third-order valence-corrected chi connectivity index (χ3v) is 2.91. The maximum atomic E-state index is 12.1. The van der Waals surface area contributed by atoms with Crippen molar-refractivity contribution in [2.75, 3.05) is 18.9 Å². The Labute approximate surface area is 103 Å². The second-order valence-electron chi connectivity index (χ2n) is 4.72. The molecule has 1 aromatic rings. The first-order chi connectivity index (χ1) is 7.98. The molecular formula is C14H21NO2. The second-order valence-corrected chi connectivity index (χ2v) is 4.72. The molecular weight excluding hydrogens is 214 g/mol. The third-order valence-electron chi connectivity index (χ3n) is 2.91. The number of hydrogen-bond acceptors (Lipinski definition) is 3. The first-order valence-electron chi connectivity index (χ1n) is 5.95. The summed E-state index contributed by atoms with van der Waals surface area (Å²) in [5, 5.41) is 0. The molecule has 0 fully saturated rings. The lowest BCUT2D eigenvalue weighted by Gasteiger charge is -2.23. The van der Waals surface area contributed by atoms with Gasteiger partial charge < -0.3 is 10.5 Å². The largest absolute Gasteiger partial charge is 0.399 e. The Kier molecular flexibility index (Phi) is 4.70. The normalized spacial score (nSPS) is 11.5. The Bertz CT molecular complexity index is 368. The third kappa shape index (κ3) is 3.56. The smallest absolute Gasteiger partial charge is 0.168 e. The van der Waals surface area contributed by atoms with Crippen molar-refractivity contribution >= 4 is 11.5 Å². The van der Waals surface area contributed by atoms with E-state index < -0.39 is 5.41 Å². The van der Waals surface area contributed by atoms with Gasteiger partial charge in [0.2, 0.25) is 0 Å². The zero-order valence-electron chi connectivity index (χ0n) is 10.8. The predicted octanol–water partition coefficient (Wildman–Crippen LogP) is 2.54. The molecule has 0 unspecified atom stereocenters. The summed E-state index contributed by atoms with van der Waals surface area (Å²) in [5.74, 6) is 0.0933. The Morgan fingerprint density at radius 3 is 2.41 bits per heavy atom. The van der Waals surface area contributed by atoms with Gasteiger partial charge in [-0.1, -0.05) is 19.1 Å². The molecule has 0 bridgehead atoms. The molecule has 1 rings (SSSR count). The number of ketones is 1. The van der Waals surface area contributed by atoms with E-state index in [1.807, 2.05) is 45.0 Å². The Morgan fingerprint density at radius 2 is 1.88 bits per heavy atom. The molecule has 0 heterocycles. The summed E-state index contributed by atoms with van der Waals surface area (Å²) >= 11 is 0. The number of nitrogens with two attached hydrogens (primary N) is 1. The molecule has 0 aliphatic carbocycles. The van der Waals surface area contributed by atoms with Crippen molar-refractivity contribution in [3.05, 3.63) is 29.8 Å². The van der Waals surface area contributed by atoms with Crippen LogP contribution in [0, 0.1) is 0 Å². The van der Waals surface area contributed by atoms with Crippen molar-refractivity contribution < 1.29 is 9.53 Å². The van der Waals surface area contributed by atoms with Crippen LogP contribution in [0.2, 0.25) is 0 Å². The molecule has 0 saturated carbocycles. The van der Waals surface area contributed by atoms with Crippen LogP contribution in [0.25, 0.3) is 0 Å². The summed E-state index contributed by atoms with van der Waals surface area (Å²) in [4.78, 5) is 12.1. The van der Waals surface area contributed by atoms with Crippen molar-refractivity contribution in [2.45, 2.75) is 32.6 Å². The molecule has 0 atom stereocenters. The van der Waals surface area contributed by atoms with Gasteiger partial charge in [-0.15, -0.1) is 0 Å². The molecule has 94 valence electrons. The van der Waals surface area contributed by atoms with Crippen molar-refractivity contribution in [1.29, 1.82) is 0 Å². The zero-order chi connectivity index (χ0) is 12.9. The monoisotopic (exact) mass is 235 g/mol. The molecule has 17 heavy (non-hydrogen) atoms. The summed E-state index contributed by atoms with van der Waals surface area (Å²) in [5.41, 5.74) is 6.79. The van der Waals surface area contributed by atoms with Gasteiger partial charge in [0.15, 0.2) is 5.78 Å². The number of nitrogen functional groups attached to an aromatic ring is 1. The fourth-order valence-electron chi connectivity index (χ4n) is 1.55. The van der Waals surface area contributed by atoms with Gasteiger partial charge in [0, 0.05) is 12.3 Å². The van der Waals surface area contributed by atoms with E-state index in [9.17, 15) is 4.79 Å². The Hall–Kier alpha value is -1.35. The summed E-state index contributed by atoms with van der Waals surface area (Å²) in [7, 11) is 0. The van der Waals surface area contributed by atoms with Crippen molar-refractivity contribution in [3.63, 3.8) is 0 Å². The highest BCUT2D eigenvalue weighted by Crippen LogP contribution is 2.25. The number of carbonyl (C=O) groups is 1. The van der Waals surface area contributed by atoms with Crippen LogP contribution >= 0.6 is 0 Å². The van der Waals surface area contributed by atoms with E-state index >= 15 is 0 Å². The standard InChI is InChI=1S/C14H21NO2/c1-4-9-17-10-13(16)14(2,3)11-5-7-12(15)8-6-11/h5-8H,4,9-10,15H2,1-3H3. The zero-order valence-corrected chi connectivity index (χ0v) is 10.8. The van der Waals surface area contributed by atoms with Crippen LogP contribution in [0.15, 0.2) is 24.3 Å². The maximum absolute atomic E-state index is 12.1. The molecule has 0 radical (unpaired) electrons. The minimum Gasteiger partial charge on any atom is -0.399 e. The van der Waals surface area contributed by atoms with Gasteiger partial charge in [0.1, 0.15) is 6.61 Å². The molecule has 0 aliphatic heterocycles. The van der Waals surface area contributed by atoms with Crippen LogP contribution in [0.4, 0.5) is 5.69 Å². The van der Waals surface area contributed by atoms with Crippen LogP contribution in [-0.4, -0.2) is 19.0 Å². The van der Waals surface area contributed by atoms with E-state index in [2.05, 4.69) is 0 Å². The van der Waals surface area contributed by atoms with E-state index in [1.165, 1.54) is 0 Å². The van der Waals surface area contributed by atoms with Crippen molar-refractivity contribution in [3.8, 4) is 0 Å². The summed E-state index contributed by atoms with van der Waals surface area (Å²) in [6.07, 6.45) is 0.926. The van der Waals surface area contributed by atoms with Crippen LogP contribution in [0.1, 0.15) is 32.8 Å². The lowest BCUT2D eigenvalue weighted by molar-refractivity contribution is -0.128.